The zero-order valence-electron chi connectivity index (χ0n) is 9.64. The summed E-state index contributed by atoms with van der Waals surface area (Å²) >= 11 is 3.27. The Morgan fingerprint density at radius 3 is 2.50 bits per heavy atom. The normalized spacial score (nSPS) is 11.7. The Morgan fingerprint density at radius 2 is 2.00 bits per heavy atom. The Hall–Kier alpha value is -1.60. The first-order valence-electron chi connectivity index (χ1n) is 5.07. The van der Waals surface area contributed by atoms with Crippen LogP contribution in [0.1, 0.15) is 0 Å². The standard InChI is InChI=1S/C11H13BrN2O4/c1-18-6-9(10(15)16)14-11(17)13-8-4-2-7(12)3-5-8/h2-5,9H,6H2,1H3,(H,15,16)(H2,13,14,17). The number of rotatable bonds is 5. The highest BCUT2D eigenvalue weighted by molar-refractivity contribution is 9.10. The van der Waals surface area contributed by atoms with E-state index in [-0.39, 0.29) is 6.61 Å². The van der Waals surface area contributed by atoms with Gasteiger partial charge in [-0.05, 0) is 24.3 Å². The fraction of sp³-hybridized carbons (Fsp3) is 0.273. The van der Waals surface area contributed by atoms with Gasteiger partial charge in [0.2, 0.25) is 0 Å². The molecule has 0 aliphatic heterocycles. The minimum atomic E-state index is -1.15. The van der Waals surface area contributed by atoms with Crippen LogP contribution in [-0.4, -0.2) is 36.9 Å². The van der Waals surface area contributed by atoms with Crippen LogP contribution in [0.2, 0.25) is 0 Å². The molecule has 0 fully saturated rings. The van der Waals surface area contributed by atoms with E-state index >= 15 is 0 Å². The Labute approximate surface area is 112 Å². The highest BCUT2D eigenvalue weighted by Crippen LogP contribution is 2.13. The fourth-order valence-corrected chi connectivity index (χ4v) is 1.46. The average Bonchev–Trinajstić information content (AvgIpc) is 2.31. The van der Waals surface area contributed by atoms with Gasteiger partial charge in [-0.1, -0.05) is 15.9 Å². The molecular weight excluding hydrogens is 304 g/mol. The molecule has 0 aliphatic carbocycles. The fourth-order valence-electron chi connectivity index (χ4n) is 1.20. The summed E-state index contributed by atoms with van der Waals surface area (Å²) in [6.07, 6.45) is 0. The molecule has 1 aromatic carbocycles. The number of amides is 2. The predicted molar refractivity (Wildman–Crippen MR) is 69.6 cm³/mol. The van der Waals surface area contributed by atoms with Crippen LogP contribution in [-0.2, 0) is 9.53 Å². The van der Waals surface area contributed by atoms with E-state index in [1.165, 1.54) is 7.11 Å². The summed E-state index contributed by atoms with van der Waals surface area (Å²) < 4.78 is 5.59. The molecular formula is C11H13BrN2O4. The van der Waals surface area contributed by atoms with E-state index in [1.54, 1.807) is 24.3 Å². The van der Waals surface area contributed by atoms with E-state index in [2.05, 4.69) is 26.6 Å². The van der Waals surface area contributed by atoms with Crippen LogP contribution in [0.25, 0.3) is 0 Å². The second-order valence-corrected chi connectivity index (χ2v) is 4.37. The molecule has 7 heteroatoms. The summed E-state index contributed by atoms with van der Waals surface area (Å²) in [4.78, 5) is 22.3. The first kappa shape index (κ1) is 14.5. The van der Waals surface area contributed by atoms with Crippen molar-refractivity contribution in [3.8, 4) is 0 Å². The number of halogens is 1. The van der Waals surface area contributed by atoms with Gasteiger partial charge in [0.1, 0.15) is 0 Å². The molecule has 3 N–H and O–H groups in total. The van der Waals surface area contributed by atoms with Gasteiger partial charge in [-0.25, -0.2) is 9.59 Å². The predicted octanol–water partition coefficient (Wildman–Crippen LogP) is 1.67. The number of anilines is 1. The largest absolute Gasteiger partial charge is 0.480 e. The lowest BCUT2D eigenvalue weighted by molar-refractivity contribution is -0.140. The van der Waals surface area contributed by atoms with Crippen LogP contribution in [0.5, 0.6) is 0 Å². The summed E-state index contributed by atoms with van der Waals surface area (Å²) in [7, 11) is 1.37. The van der Waals surface area contributed by atoms with Gasteiger partial charge in [0.25, 0.3) is 0 Å². The summed E-state index contributed by atoms with van der Waals surface area (Å²) in [6.45, 7) is -0.0942. The number of benzene rings is 1. The number of hydrogen-bond acceptors (Lipinski definition) is 3. The van der Waals surface area contributed by atoms with Crippen molar-refractivity contribution in [1.82, 2.24) is 5.32 Å². The second-order valence-electron chi connectivity index (χ2n) is 3.45. The third kappa shape index (κ3) is 4.72. The van der Waals surface area contributed by atoms with Gasteiger partial charge >= 0.3 is 12.0 Å². The van der Waals surface area contributed by atoms with Crippen LogP contribution >= 0.6 is 15.9 Å². The number of ether oxygens (including phenoxy) is 1. The molecule has 0 spiro atoms. The van der Waals surface area contributed by atoms with Crippen molar-refractivity contribution in [2.45, 2.75) is 6.04 Å². The van der Waals surface area contributed by atoms with Crippen molar-refractivity contribution in [2.24, 2.45) is 0 Å². The topological polar surface area (TPSA) is 87.7 Å². The molecule has 0 saturated carbocycles. The Bertz CT molecular complexity index is 422. The molecule has 0 radical (unpaired) electrons. The van der Waals surface area contributed by atoms with Crippen molar-refractivity contribution >= 4 is 33.6 Å². The third-order valence-corrected chi connectivity index (χ3v) is 2.57. The van der Waals surface area contributed by atoms with Crippen LogP contribution in [0.3, 0.4) is 0 Å². The monoisotopic (exact) mass is 316 g/mol. The van der Waals surface area contributed by atoms with Crippen LogP contribution in [0.15, 0.2) is 28.7 Å². The Kier molecular flexibility index (Phi) is 5.60. The summed E-state index contributed by atoms with van der Waals surface area (Å²) in [5, 5.41) is 13.6. The Morgan fingerprint density at radius 1 is 1.39 bits per heavy atom. The van der Waals surface area contributed by atoms with Gasteiger partial charge in [-0.2, -0.15) is 0 Å². The van der Waals surface area contributed by atoms with Crippen molar-refractivity contribution in [3.05, 3.63) is 28.7 Å². The molecule has 1 rings (SSSR count). The van der Waals surface area contributed by atoms with E-state index in [1.807, 2.05) is 0 Å². The quantitative estimate of drug-likeness (QED) is 0.771. The lowest BCUT2D eigenvalue weighted by Crippen LogP contribution is -2.45. The lowest BCUT2D eigenvalue weighted by atomic mass is 10.3. The number of carboxylic acids is 1. The van der Waals surface area contributed by atoms with E-state index in [0.717, 1.165) is 4.47 Å². The summed E-state index contributed by atoms with van der Waals surface area (Å²) in [5.74, 6) is -1.15. The smallest absolute Gasteiger partial charge is 0.328 e. The molecule has 0 aromatic heterocycles. The average molecular weight is 317 g/mol. The maximum Gasteiger partial charge on any atom is 0.328 e. The highest BCUT2D eigenvalue weighted by Gasteiger charge is 2.19. The first-order chi connectivity index (χ1) is 8.52. The molecule has 0 saturated heterocycles. The molecule has 0 heterocycles. The zero-order valence-corrected chi connectivity index (χ0v) is 11.2. The number of carbonyl (C=O) groups excluding carboxylic acids is 1. The van der Waals surface area contributed by atoms with E-state index in [4.69, 9.17) is 9.84 Å². The van der Waals surface area contributed by atoms with E-state index in [9.17, 15) is 9.59 Å². The van der Waals surface area contributed by atoms with Crippen molar-refractivity contribution in [3.63, 3.8) is 0 Å². The van der Waals surface area contributed by atoms with Gasteiger partial charge < -0.3 is 20.5 Å². The number of carbonyl (C=O) groups is 2. The molecule has 6 nitrogen and oxygen atoms in total. The van der Waals surface area contributed by atoms with Gasteiger partial charge in [-0.15, -0.1) is 0 Å². The molecule has 0 bridgehead atoms. The Balaban J connectivity index is 2.54. The molecule has 1 atom stereocenters. The highest BCUT2D eigenvalue weighted by atomic mass is 79.9. The number of urea groups is 1. The van der Waals surface area contributed by atoms with E-state index in [0.29, 0.717) is 5.69 Å². The number of nitrogens with one attached hydrogen (secondary N) is 2. The zero-order chi connectivity index (χ0) is 13.5. The van der Waals surface area contributed by atoms with Gasteiger partial charge in [-0.3, -0.25) is 0 Å². The number of methoxy groups -OCH3 is 1. The summed E-state index contributed by atoms with van der Waals surface area (Å²) in [6, 6.07) is 5.23. The molecule has 2 amide bonds. The molecule has 98 valence electrons. The van der Waals surface area contributed by atoms with Crippen molar-refractivity contribution < 1.29 is 19.4 Å². The van der Waals surface area contributed by atoms with Crippen LogP contribution < -0.4 is 10.6 Å². The maximum atomic E-state index is 11.5. The van der Waals surface area contributed by atoms with Gasteiger partial charge in [0.15, 0.2) is 6.04 Å². The van der Waals surface area contributed by atoms with Gasteiger partial charge in [0, 0.05) is 17.3 Å². The van der Waals surface area contributed by atoms with Gasteiger partial charge in [0.05, 0.1) is 6.61 Å². The SMILES string of the molecule is COCC(NC(=O)Nc1ccc(Br)cc1)C(=O)O. The number of hydrogen-bond donors (Lipinski definition) is 3. The molecule has 1 aromatic rings. The lowest BCUT2D eigenvalue weighted by Gasteiger charge is -2.14. The number of aliphatic carboxylic acids is 1. The molecule has 1 unspecified atom stereocenters. The maximum absolute atomic E-state index is 11.5. The van der Waals surface area contributed by atoms with Crippen molar-refractivity contribution in [1.29, 1.82) is 0 Å². The van der Waals surface area contributed by atoms with Crippen LogP contribution in [0.4, 0.5) is 10.5 Å². The van der Waals surface area contributed by atoms with Crippen molar-refractivity contribution in [2.75, 3.05) is 19.0 Å². The minimum absolute atomic E-state index is 0.0942. The first-order valence-corrected chi connectivity index (χ1v) is 5.87. The third-order valence-electron chi connectivity index (χ3n) is 2.04. The number of carboxylic acid groups (broad SMARTS) is 1. The second kappa shape index (κ2) is 6.97. The molecule has 0 aliphatic rings. The van der Waals surface area contributed by atoms with Crippen LogP contribution in [0, 0.1) is 0 Å². The minimum Gasteiger partial charge on any atom is -0.480 e. The van der Waals surface area contributed by atoms with E-state index < -0.39 is 18.0 Å². The molecule has 18 heavy (non-hydrogen) atoms. The summed E-state index contributed by atoms with van der Waals surface area (Å²) in [5.41, 5.74) is 0.567.